The Morgan fingerprint density at radius 2 is 1.51 bits per heavy atom. The maximum absolute atomic E-state index is 10.2. The highest BCUT2D eigenvalue weighted by molar-refractivity contribution is 5.88. The molecule has 0 fully saturated rings. The Bertz CT molecular complexity index is 2260. The molecule has 16 nitrogen and oxygen atoms in total. The van der Waals surface area contributed by atoms with Crippen LogP contribution in [0.3, 0.4) is 0 Å². The molecule has 4 aromatic carbocycles. The summed E-state index contributed by atoms with van der Waals surface area (Å²) < 4.78 is 32.6. The number of aliphatic hydroxyl groups excluding tert-OH is 1. The number of imidazole rings is 1. The maximum Gasteiger partial charge on any atom is 0.404 e. The molecule has 1 aromatic heterocycles. The van der Waals surface area contributed by atoms with Crippen molar-refractivity contribution < 1.29 is 55.2 Å². The van der Waals surface area contributed by atoms with Crippen molar-refractivity contribution in [3.8, 4) is 34.8 Å². The number of aromatic amines is 1. The van der Waals surface area contributed by atoms with Gasteiger partial charge in [0.2, 0.25) is 0 Å². The van der Waals surface area contributed by atoms with Crippen LogP contribution in [0, 0.1) is 17.2 Å². The number of carbonyl (C=O) groups excluding carboxylic acids is 1. The van der Waals surface area contributed by atoms with E-state index in [9.17, 15) is 15.2 Å². The molecule has 0 radical (unpaired) electrons. The lowest BCUT2D eigenvalue weighted by Gasteiger charge is -2.32. The molecular formula is C54H83ClN8O8. The number of rotatable bonds is 24. The van der Waals surface area contributed by atoms with Gasteiger partial charge in [0.1, 0.15) is 31.6 Å². The Balaban J connectivity index is 0.000000552. The van der Waals surface area contributed by atoms with Crippen molar-refractivity contribution in [2.24, 2.45) is 17.4 Å². The SMILES string of the molecule is CC(C)NCC(O)COc1cccc2ccccc12.COc1ccc(CCN(C)CCCC(C#N)(c2ccc(OC)c(OC)c2)C(C)C)cc1OC.C[N+](C)(C)CCOC(N)=O.NCCc1c[nH]cn1.[Cl-]. The van der Waals surface area contributed by atoms with Gasteiger partial charge in [-0.3, -0.25) is 0 Å². The van der Waals surface area contributed by atoms with Gasteiger partial charge in [-0.05, 0) is 92.2 Å². The van der Waals surface area contributed by atoms with Gasteiger partial charge in [-0.1, -0.05) is 76.2 Å². The lowest BCUT2D eigenvalue weighted by atomic mass is 9.69. The molecule has 71 heavy (non-hydrogen) atoms. The summed E-state index contributed by atoms with van der Waals surface area (Å²) in [4.78, 5) is 19.2. The molecule has 2 unspecified atom stereocenters. The van der Waals surface area contributed by atoms with E-state index in [1.54, 1.807) is 34.8 Å². The molecule has 7 N–H and O–H groups in total. The molecular weight excluding hydrogens is 924 g/mol. The van der Waals surface area contributed by atoms with E-state index < -0.39 is 17.6 Å². The highest BCUT2D eigenvalue weighted by atomic mass is 35.5. The van der Waals surface area contributed by atoms with Crippen LogP contribution < -0.4 is 52.9 Å². The number of ether oxygens (including phenoxy) is 6. The number of halogens is 1. The van der Waals surface area contributed by atoms with Crippen LogP contribution in [0.5, 0.6) is 28.7 Å². The van der Waals surface area contributed by atoms with E-state index in [1.807, 2.05) is 88.0 Å². The molecule has 0 aliphatic carbocycles. The first-order chi connectivity index (χ1) is 33.4. The van der Waals surface area contributed by atoms with Gasteiger partial charge >= 0.3 is 6.09 Å². The molecule has 5 aromatic rings. The van der Waals surface area contributed by atoms with Crippen molar-refractivity contribution in [1.82, 2.24) is 20.2 Å². The molecule has 0 aliphatic rings. The second kappa shape index (κ2) is 33.7. The Morgan fingerprint density at radius 3 is 2.07 bits per heavy atom. The van der Waals surface area contributed by atoms with Gasteiger partial charge in [-0.15, -0.1) is 0 Å². The first kappa shape index (κ1) is 63.2. The molecule has 0 aliphatic heterocycles. The average molecular weight is 1010 g/mol. The fourth-order valence-electron chi connectivity index (χ4n) is 7.16. The van der Waals surface area contributed by atoms with E-state index in [0.717, 1.165) is 89.1 Å². The van der Waals surface area contributed by atoms with Crippen LogP contribution in [0.15, 0.2) is 91.4 Å². The number of carbonyl (C=O) groups is 1. The summed E-state index contributed by atoms with van der Waals surface area (Å²) in [6.07, 6.45) is 5.79. The minimum Gasteiger partial charge on any atom is -1.00 e. The van der Waals surface area contributed by atoms with Crippen LogP contribution in [0.1, 0.15) is 57.4 Å². The summed E-state index contributed by atoms with van der Waals surface area (Å²) >= 11 is 0. The Labute approximate surface area is 429 Å². The van der Waals surface area contributed by atoms with E-state index in [4.69, 9.17) is 35.2 Å². The van der Waals surface area contributed by atoms with Crippen LogP contribution in [0.2, 0.25) is 0 Å². The van der Waals surface area contributed by atoms with Gasteiger partial charge in [0, 0.05) is 37.1 Å². The summed E-state index contributed by atoms with van der Waals surface area (Å²) in [6, 6.07) is 28.9. The van der Waals surface area contributed by atoms with Gasteiger partial charge in [-0.25, -0.2) is 9.78 Å². The highest BCUT2D eigenvalue weighted by Gasteiger charge is 2.36. The minimum atomic E-state index is -0.701. The minimum absolute atomic E-state index is 0. The monoisotopic (exact) mass is 1010 g/mol. The molecule has 2 atom stereocenters. The van der Waals surface area contributed by atoms with E-state index >= 15 is 0 Å². The Kier molecular flexibility index (Phi) is 30.0. The average Bonchev–Trinajstić information content (AvgIpc) is 3.86. The fourth-order valence-corrected chi connectivity index (χ4v) is 7.16. The van der Waals surface area contributed by atoms with Gasteiger partial charge in [0.25, 0.3) is 0 Å². The number of benzene rings is 4. The number of nitrogens with zero attached hydrogens (tertiary/aromatic N) is 4. The van der Waals surface area contributed by atoms with Gasteiger partial charge < -0.3 is 77.1 Å². The number of aliphatic hydroxyl groups is 1. The van der Waals surface area contributed by atoms with E-state index in [1.165, 1.54) is 5.56 Å². The second-order valence-corrected chi connectivity index (χ2v) is 18.4. The zero-order valence-electron chi connectivity index (χ0n) is 44.3. The van der Waals surface area contributed by atoms with Crippen LogP contribution in [0.25, 0.3) is 10.8 Å². The predicted octanol–water partition coefficient (Wildman–Crippen LogP) is 4.37. The number of likely N-dealkylation sites (N-methyl/N-ethyl adjacent to an activating group) is 2. The van der Waals surface area contributed by atoms with Gasteiger partial charge in [0.15, 0.2) is 23.0 Å². The standard InChI is InChI=1S/C27H38N2O4.C16H21NO2.C6H14N2O2.C5H9N3.ClH/c1-20(2)27(19-28,22-10-12-24(31-5)26(18-22)33-7)14-8-15-29(3)16-13-21-9-11-23(30-4)25(17-21)32-6;1-12(2)17-10-14(18)11-19-16-9-5-7-13-6-3-4-8-15(13)16;1-8(2,3)4-5-10-6(7)9;6-2-1-5-3-7-4-8-5;/h9-12,17-18,20H,8,13-16H2,1-7H3;3-9,12,14,17-18H,10-11H2,1-2H3;4-5H2,1-3H3,(H-,7,9);3-4H,1-2,6H2,(H,7,8);1H. The third-order valence-corrected chi connectivity index (χ3v) is 11.3. The number of fused-ring (bicyclic) bond motifs is 1. The van der Waals surface area contributed by atoms with Crippen LogP contribution in [-0.4, -0.2) is 145 Å². The highest BCUT2D eigenvalue weighted by Crippen LogP contribution is 2.40. The van der Waals surface area contributed by atoms with Crippen molar-refractivity contribution in [2.45, 2.75) is 70.9 Å². The smallest absolute Gasteiger partial charge is 0.404 e. The topological polar surface area (TPSA) is 212 Å². The molecule has 1 amide bonds. The maximum atomic E-state index is 10.2. The molecule has 0 saturated carbocycles. The second-order valence-electron chi connectivity index (χ2n) is 18.4. The van der Waals surface area contributed by atoms with Gasteiger partial charge in [-0.2, -0.15) is 5.26 Å². The van der Waals surface area contributed by atoms with E-state index in [-0.39, 0.29) is 18.3 Å². The zero-order valence-corrected chi connectivity index (χ0v) is 45.1. The van der Waals surface area contributed by atoms with Crippen molar-refractivity contribution in [1.29, 1.82) is 5.26 Å². The molecule has 17 heteroatoms. The quantitative estimate of drug-likeness (QED) is 0.0545. The summed E-state index contributed by atoms with van der Waals surface area (Å²) in [5, 5.41) is 25.5. The molecule has 5 rings (SSSR count). The number of aromatic nitrogens is 2. The number of hydrogen-bond donors (Lipinski definition) is 5. The molecule has 1 heterocycles. The summed E-state index contributed by atoms with van der Waals surface area (Å²) in [6.45, 7) is 12.9. The number of quaternary nitrogens is 1. The number of primary amides is 1. The lowest BCUT2D eigenvalue weighted by Crippen LogP contribution is -3.00. The van der Waals surface area contributed by atoms with Crippen LogP contribution in [0.4, 0.5) is 4.79 Å². The summed E-state index contributed by atoms with van der Waals surface area (Å²) in [5.41, 5.74) is 12.7. The first-order valence-corrected chi connectivity index (χ1v) is 23.8. The summed E-state index contributed by atoms with van der Waals surface area (Å²) in [7, 11) is 14.7. The Hall–Kier alpha value is -5.80. The predicted molar refractivity (Wildman–Crippen MR) is 280 cm³/mol. The molecule has 0 bridgehead atoms. The Morgan fingerprint density at radius 1 is 0.873 bits per heavy atom. The van der Waals surface area contributed by atoms with E-state index in [2.05, 4.69) is 83.9 Å². The molecule has 394 valence electrons. The third-order valence-electron chi connectivity index (χ3n) is 11.3. The van der Waals surface area contributed by atoms with Crippen molar-refractivity contribution in [3.63, 3.8) is 0 Å². The first-order valence-electron chi connectivity index (χ1n) is 23.8. The normalized spacial score (nSPS) is 12.1. The summed E-state index contributed by atoms with van der Waals surface area (Å²) in [5.74, 6) is 3.81. The number of nitrogens with one attached hydrogen (secondary N) is 2. The van der Waals surface area contributed by atoms with Crippen molar-refractivity contribution in [3.05, 3.63) is 108 Å². The molecule has 0 saturated heterocycles. The van der Waals surface area contributed by atoms with Gasteiger partial charge in [0.05, 0.1) is 73.1 Å². The van der Waals surface area contributed by atoms with Crippen molar-refractivity contribution >= 4 is 16.9 Å². The fraction of sp³-hybridized carbons (Fsp3) is 0.500. The number of methoxy groups -OCH3 is 4. The number of hydrogen-bond acceptors (Lipinski definition) is 13. The number of amides is 1. The van der Waals surface area contributed by atoms with Crippen LogP contribution in [-0.2, 0) is 23.0 Å². The van der Waals surface area contributed by atoms with Crippen molar-refractivity contribution in [2.75, 3.05) is 103 Å². The largest absolute Gasteiger partial charge is 1.00 e. The third kappa shape index (κ3) is 23.3. The van der Waals surface area contributed by atoms with Crippen LogP contribution >= 0.6 is 0 Å². The lowest BCUT2D eigenvalue weighted by molar-refractivity contribution is -0.870. The molecule has 0 spiro atoms. The number of H-pyrrole nitrogens is 1. The van der Waals surface area contributed by atoms with E-state index in [0.29, 0.717) is 43.8 Å². The number of nitrogens with two attached hydrogens (primary N) is 2. The zero-order chi connectivity index (χ0) is 52.1. The number of nitriles is 1.